The average molecular weight is 320 g/mol. The number of ether oxygens (including phenoxy) is 1. The lowest BCUT2D eigenvalue weighted by atomic mass is 10.1. The summed E-state index contributed by atoms with van der Waals surface area (Å²) in [6.45, 7) is 4.88. The molecule has 0 radical (unpaired) electrons. The van der Waals surface area contributed by atoms with Crippen LogP contribution in [0, 0.1) is 5.82 Å². The second kappa shape index (κ2) is 7.87. The summed E-state index contributed by atoms with van der Waals surface area (Å²) < 4.78 is 18.5. The molecule has 6 heteroatoms. The maximum absolute atomic E-state index is 13.2. The van der Waals surface area contributed by atoms with E-state index in [0.717, 1.165) is 5.56 Å². The highest BCUT2D eigenvalue weighted by Crippen LogP contribution is 2.12. The van der Waals surface area contributed by atoms with E-state index in [1.165, 1.54) is 23.1 Å². The minimum atomic E-state index is -0.633. The second-order valence-corrected chi connectivity index (χ2v) is 5.47. The van der Waals surface area contributed by atoms with Crippen molar-refractivity contribution in [2.45, 2.75) is 12.5 Å². The van der Waals surface area contributed by atoms with Crippen molar-refractivity contribution in [1.82, 2.24) is 9.80 Å². The molecule has 0 aromatic heterocycles. The van der Waals surface area contributed by atoms with Crippen LogP contribution in [0.3, 0.4) is 0 Å². The fourth-order valence-corrected chi connectivity index (χ4v) is 2.54. The highest BCUT2D eigenvalue weighted by Gasteiger charge is 2.33. The minimum absolute atomic E-state index is 0.183. The van der Waals surface area contributed by atoms with Gasteiger partial charge < -0.3 is 14.5 Å². The number of nitrogens with zero attached hydrogens (tertiary/aromatic N) is 2. The standard InChI is InChI=1S/C17H21FN2O3/c1-3-16(21)20-9-10-23-12-15(20)17(22)19(2)8-7-13-5-4-6-14(18)11-13/h3-6,11,15H,1,7-10,12H2,2H3. The monoisotopic (exact) mass is 320 g/mol. The van der Waals surface area contributed by atoms with Crippen LogP contribution in [-0.2, 0) is 20.7 Å². The van der Waals surface area contributed by atoms with E-state index in [-0.39, 0.29) is 24.2 Å². The number of benzene rings is 1. The third-order valence-electron chi connectivity index (χ3n) is 3.87. The predicted octanol–water partition coefficient (Wildman–Crippen LogP) is 1.24. The molecule has 23 heavy (non-hydrogen) atoms. The molecule has 124 valence electrons. The zero-order valence-electron chi connectivity index (χ0n) is 13.2. The number of morpholine rings is 1. The van der Waals surface area contributed by atoms with E-state index in [9.17, 15) is 14.0 Å². The van der Waals surface area contributed by atoms with Crippen LogP contribution in [0.15, 0.2) is 36.9 Å². The van der Waals surface area contributed by atoms with E-state index >= 15 is 0 Å². The molecule has 1 heterocycles. The Bertz CT molecular complexity index is 591. The molecule has 0 bridgehead atoms. The molecule has 1 atom stereocenters. The van der Waals surface area contributed by atoms with Crippen LogP contribution < -0.4 is 0 Å². The molecule has 1 aromatic carbocycles. The van der Waals surface area contributed by atoms with Crippen LogP contribution in [-0.4, -0.2) is 61.0 Å². The number of likely N-dealkylation sites (N-methyl/N-ethyl adjacent to an activating group) is 1. The van der Waals surface area contributed by atoms with Crippen LogP contribution in [0.5, 0.6) is 0 Å². The molecule has 2 rings (SSSR count). The maximum atomic E-state index is 13.2. The summed E-state index contributed by atoms with van der Waals surface area (Å²) in [5.74, 6) is -0.749. The Hall–Kier alpha value is -2.21. The molecule has 1 aromatic rings. The first kappa shape index (κ1) is 17.1. The number of carbonyl (C=O) groups excluding carboxylic acids is 2. The second-order valence-electron chi connectivity index (χ2n) is 5.47. The Labute approximate surface area is 135 Å². The van der Waals surface area contributed by atoms with Gasteiger partial charge in [-0.3, -0.25) is 9.59 Å². The van der Waals surface area contributed by atoms with Crippen LogP contribution in [0.4, 0.5) is 4.39 Å². The summed E-state index contributed by atoms with van der Waals surface area (Å²) in [6.07, 6.45) is 1.75. The van der Waals surface area contributed by atoms with E-state index in [1.807, 2.05) is 6.07 Å². The van der Waals surface area contributed by atoms with Crippen molar-refractivity contribution in [3.05, 3.63) is 48.3 Å². The molecule has 0 spiro atoms. The third-order valence-corrected chi connectivity index (χ3v) is 3.87. The zero-order chi connectivity index (χ0) is 16.8. The Morgan fingerprint density at radius 3 is 3.00 bits per heavy atom. The van der Waals surface area contributed by atoms with Crippen LogP contribution in [0.2, 0.25) is 0 Å². The normalized spacial score (nSPS) is 17.7. The summed E-state index contributed by atoms with van der Waals surface area (Å²) >= 11 is 0. The largest absolute Gasteiger partial charge is 0.377 e. The van der Waals surface area contributed by atoms with E-state index in [0.29, 0.717) is 26.1 Å². The first-order valence-electron chi connectivity index (χ1n) is 7.53. The number of amides is 2. The van der Waals surface area contributed by atoms with E-state index < -0.39 is 6.04 Å². The predicted molar refractivity (Wildman–Crippen MR) is 84.3 cm³/mol. The molecular formula is C17H21FN2O3. The number of rotatable bonds is 5. The zero-order valence-corrected chi connectivity index (χ0v) is 13.2. The maximum Gasteiger partial charge on any atom is 0.247 e. The van der Waals surface area contributed by atoms with Crippen LogP contribution >= 0.6 is 0 Å². The Kier molecular flexibility index (Phi) is 5.87. The molecule has 1 fully saturated rings. The average Bonchev–Trinajstić information content (AvgIpc) is 2.58. The third kappa shape index (κ3) is 4.39. The van der Waals surface area contributed by atoms with Gasteiger partial charge in [0.05, 0.1) is 13.2 Å². The fourth-order valence-electron chi connectivity index (χ4n) is 2.54. The van der Waals surface area contributed by atoms with Gasteiger partial charge in [0.25, 0.3) is 0 Å². The summed E-state index contributed by atoms with van der Waals surface area (Å²) in [7, 11) is 1.67. The lowest BCUT2D eigenvalue weighted by Gasteiger charge is -2.36. The summed E-state index contributed by atoms with van der Waals surface area (Å²) in [5, 5.41) is 0. The Balaban J connectivity index is 1.97. The van der Waals surface area contributed by atoms with Crippen molar-refractivity contribution >= 4 is 11.8 Å². The van der Waals surface area contributed by atoms with Gasteiger partial charge in [-0.15, -0.1) is 0 Å². The molecule has 1 aliphatic rings. The first-order valence-corrected chi connectivity index (χ1v) is 7.53. The van der Waals surface area contributed by atoms with Crippen molar-refractivity contribution < 1.29 is 18.7 Å². The lowest BCUT2D eigenvalue weighted by molar-refractivity contribution is -0.150. The molecule has 0 N–H and O–H groups in total. The Morgan fingerprint density at radius 1 is 1.52 bits per heavy atom. The molecule has 0 aliphatic carbocycles. The molecule has 1 unspecified atom stereocenters. The van der Waals surface area contributed by atoms with E-state index in [2.05, 4.69) is 6.58 Å². The van der Waals surface area contributed by atoms with Gasteiger partial charge in [-0.25, -0.2) is 4.39 Å². The summed E-state index contributed by atoms with van der Waals surface area (Å²) in [4.78, 5) is 27.5. The van der Waals surface area contributed by atoms with Crippen LogP contribution in [0.25, 0.3) is 0 Å². The summed E-state index contributed by atoms with van der Waals surface area (Å²) in [6, 6.07) is 5.67. The van der Waals surface area contributed by atoms with Crippen molar-refractivity contribution in [2.24, 2.45) is 0 Å². The lowest BCUT2D eigenvalue weighted by Crippen LogP contribution is -2.56. The molecule has 1 aliphatic heterocycles. The van der Waals surface area contributed by atoms with Gasteiger partial charge in [-0.05, 0) is 30.2 Å². The number of halogens is 1. The van der Waals surface area contributed by atoms with Gasteiger partial charge in [0.2, 0.25) is 11.8 Å². The molecule has 0 saturated carbocycles. The molecule has 2 amide bonds. The van der Waals surface area contributed by atoms with Gasteiger partial charge in [-0.2, -0.15) is 0 Å². The summed E-state index contributed by atoms with van der Waals surface area (Å²) in [5.41, 5.74) is 0.823. The highest BCUT2D eigenvalue weighted by molar-refractivity contribution is 5.92. The highest BCUT2D eigenvalue weighted by atomic mass is 19.1. The van der Waals surface area contributed by atoms with Gasteiger partial charge in [0.15, 0.2) is 0 Å². The first-order chi connectivity index (χ1) is 11.0. The minimum Gasteiger partial charge on any atom is -0.377 e. The number of hydrogen-bond acceptors (Lipinski definition) is 3. The van der Waals surface area contributed by atoms with Crippen LogP contribution in [0.1, 0.15) is 5.56 Å². The van der Waals surface area contributed by atoms with Gasteiger partial charge >= 0.3 is 0 Å². The number of carbonyl (C=O) groups is 2. The fraction of sp³-hybridized carbons (Fsp3) is 0.412. The van der Waals surface area contributed by atoms with Crippen molar-refractivity contribution in [3.63, 3.8) is 0 Å². The molecular weight excluding hydrogens is 299 g/mol. The smallest absolute Gasteiger partial charge is 0.247 e. The van der Waals surface area contributed by atoms with Gasteiger partial charge in [0.1, 0.15) is 11.9 Å². The van der Waals surface area contributed by atoms with Crippen molar-refractivity contribution in [1.29, 1.82) is 0 Å². The van der Waals surface area contributed by atoms with Gasteiger partial charge in [0, 0.05) is 20.1 Å². The topological polar surface area (TPSA) is 49.9 Å². The Morgan fingerprint density at radius 2 is 2.30 bits per heavy atom. The SMILES string of the molecule is C=CC(=O)N1CCOCC1C(=O)N(C)CCc1cccc(F)c1. The van der Waals surface area contributed by atoms with E-state index in [1.54, 1.807) is 18.0 Å². The van der Waals surface area contributed by atoms with Crippen molar-refractivity contribution in [2.75, 3.05) is 33.4 Å². The molecule has 5 nitrogen and oxygen atoms in total. The van der Waals surface area contributed by atoms with E-state index in [4.69, 9.17) is 4.74 Å². The van der Waals surface area contributed by atoms with Gasteiger partial charge in [-0.1, -0.05) is 18.7 Å². The quantitative estimate of drug-likeness (QED) is 0.767. The number of hydrogen-bond donors (Lipinski definition) is 0. The molecule has 1 saturated heterocycles. The van der Waals surface area contributed by atoms with Crippen molar-refractivity contribution in [3.8, 4) is 0 Å².